The summed E-state index contributed by atoms with van der Waals surface area (Å²) >= 11 is 2.07. The van der Waals surface area contributed by atoms with Crippen molar-refractivity contribution in [2.45, 2.75) is 49.7 Å². The molecule has 0 amide bonds. The van der Waals surface area contributed by atoms with E-state index in [4.69, 9.17) is 10.5 Å². The molecule has 1 aliphatic carbocycles. The molecule has 1 aromatic carbocycles. The van der Waals surface area contributed by atoms with Gasteiger partial charge < -0.3 is 10.5 Å². The second-order valence-electron chi connectivity index (χ2n) is 6.98. The molecule has 0 saturated carbocycles. The van der Waals surface area contributed by atoms with E-state index in [9.17, 15) is 0 Å². The van der Waals surface area contributed by atoms with Crippen LogP contribution < -0.4 is 5.73 Å². The minimum absolute atomic E-state index is 0.162. The normalized spacial score (nSPS) is 32.2. The van der Waals surface area contributed by atoms with Crippen LogP contribution in [0.15, 0.2) is 24.3 Å². The summed E-state index contributed by atoms with van der Waals surface area (Å²) in [6.07, 6.45) is 5.96. The molecule has 2 nitrogen and oxygen atoms in total. The van der Waals surface area contributed by atoms with Gasteiger partial charge in [0.05, 0.1) is 5.60 Å². The highest BCUT2D eigenvalue weighted by Gasteiger charge is 2.43. The third kappa shape index (κ3) is 2.54. The monoisotopic (exact) mass is 303 g/mol. The van der Waals surface area contributed by atoms with Gasteiger partial charge in [0.1, 0.15) is 0 Å². The van der Waals surface area contributed by atoms with E-state index in [0.29, 0.717) is 17.9 Å². The van der Waals surface area contributed by atoms with Gasteiger partial charge in [0.25, 0.3) is 0 Å². The Balaban J connectivity index is 1.46. The second kappa shape index (κ2) is 5.60. The minimum Gasteiger partial charge on any atom is -0.375 e. The number of benzene rings is 1. The van der Waals surface area contributed by atoms with Gasteiger partial charge in [-0.05, 0) is 60.7 Å². The molecule has 21 heavy (non-hydrogen) atoms. The Bertz CT molecular complexity index is 506. The van der Waals surface area contributed by atoms with Crippen LogP contribution in [-0.4, -0.2) is 29.8 Å². The van der Waals surface area contributed by atoms with Crippen molar-refractivity contribution in [1.29, 1.82) is 0 Å². The summed E-state index contributed by atoms with van der Waals surface area (Å²) in [6, 6.07) is 9.14. The largest absolute Gasteiger partial charge is 0.375 e. The maximum atomic E-state index is 6.70. The lowest BCUT2D eigenvalue weighted by Gasteiger charge is -2.47. The summed E-state index contributed by atoms with van der Waals surface area (Å²) in [7, 11) is 0. The van der Waals surface area contributed by atoms with Crippen molar-refractivity contribution in [3.8, 4) is 0 Å². The molecule has 114 valence electrons. The van der Waals surface area contributed by atoms with Crippen molar-refractivity contribution < 1.29 is 4.74 Å². The lowest BCUT2D eigenvalue weighted by atomic mass is 9.67. The van der Waals surface area contributed by atoms with Gasteiger partial charge in [-0.25, -0.2) is 0 Å². The Kier molecular flexibility index (Phi) is 3.76. The molecular formula is C18H25NOS. The maximum Gasteiger partial charge on any atom is 0.0701 e. The van der Waals surface area contributed by atoms with Crippen molar-refractivity contribution in [3.05, 3.63) is 35.4 Å². The molecule has 2 N–H and O–H groups in total. The average molecular weight is 303 g/mol. The van der Waals surface area contributed by atoms with E-state index >= 15 is 0 Å². The van der Waals surface area contributed by atoms with Crippen molar-refractivity contribution in [2.24, 2.45) is 11.7 Å². The molecular weight excluding hydrogens is 278 g/mol. The van der Waals surface area contributed by atoms with Crippen LogP contribution in [0.4, 0.5) is 0 Å². The van der Waals surface area contributed by atoms with E-state index in [0.717, 1.165) is 13.0 Å². The first kappa shape index (κ1) is 14.1. The highest BCUT2D eigenvalue weighted by Crippen LogP contribution is 2.45. The van der Waals surface area contributed by atoms with Crippen LogP contribution in [0, 0.1) is 5.92 Å². The minimum atomic E-state index is 0.162. The van der Waals surface area contributed by atoms with Crippen LogP contribution in [0.1, 0.15) is 42.7 Å². The van der Waals surface area contributed by atoms with Gasteiger partial charge in [0, 0.05) is 18.6 Å². The van der Waals surface area contributed by atoms with Crippen LogP contribution in [0.2, 0.25) is 0 Å². The summed E-state index contributed by atoms with van der Waals surface area (Å²) < 4.78 is 6.22. The summed E-state index contributed by atoms with van der Waals surface area (Å²) in [5.74, 6) is 3.74. The topological polar surface area (TPSA) is 35.2 Å². The van der Waals surface area contributed by atoms with E-state index in [1.54, 1.807) is 0 Å². The lowest BCUT2D eigenvalue weighted by molar-refractivity contribution is -0.106. The second-order valence-corrected chi connectivity index (χ2v) is 8.21. The molecule has 2 saturated heterocycles. The van der Waals surface area contributed by atoms with Crippen molar-refractivity contribution in [3.63, 3.8) is 0 Å². The van der Waals surface area contributed by atoms with Gasteiger partial charge >= 0.3 is 0 Å². The van der Waals surface area contributed by atoms with E-state index in [1.165, 1.54) is 48.3 Å². The zero-order chi connectivity index (χ0) is 14.3. The van der Waals surface area contributed by atoms with Gasteiger partial charge in [-0.3, -0.25) is 0 Å². The highest BCUT2D eigenvalue weighted by atomic mass is 32.2. The molecule has 0 radical (unpaired) electrons. The number of fused-ring (bicyclic) bond motifs is 1. The molecule has 2 fully saturated rings. The SMILES string of the molecule is NC(C1CCOC2(CCSCC2)C1)C1Cc2ccccc21. The number of nitrogens with two attached hydrogens (primary N) is 1. The molecule has 3 atom stereocenters. The molecule has 0 aromatic heterocycles. The summed E-state index contributed by atoms with van der Waals surface area (Å²) in [5.41, 5.74) is 9.87. The molecule has 2 heterocycles. The van der Waals surface area contributed by atoms with Gasteiger partial charge in [-0.15, -0.1) is 0 Å². The van der Waals surface area contributed by atoms with Crippen LogP contribution in [0.3, 0.4) is 0 Å². The van der Waals surface area contributed by atoms with Crippen LogP contribution in [0.5, 0.6) is 0 Å². The molecule has 3 aliphatic rings. The van der Waals surface area contributed by atoms with Crippen LogP contribution in [0.25, 0.3) is 0 Å². The Morgan fingerprint density at radius 2 is 2.05 bits per heavy atom. The van der Waals surface area contributed by atoms with Gasteiger partial charge in [0.15, 0.2) is 0 Å². The molecule has 0 bridgehead atoms. The zero-order valence-corrected chi connectivity index (χ0v) is 13.4. The van der Waals surface area contributed by atoms with Crippen LogP contribution >= 0.6 is 11.8 Å². The van der Waals surface area contributed by atoms with E-state index in [-0.39, 0.29) is 5.60 Å². The molecule has 1 aromatic rings. The van der Waals surface area contributed by atoms with Crippen molar-refractivity contribution >= 4 is 11.8 Å². The first-order chi connectivity index (χ1) is 10.3. The Labute approximate surface area is 131 Å². The molecule has 1 spiro atoms. The number of hydrogen-bond donors (Lipinski definition) is 1. The van der Waals surface area contributed by atoms with Crippen LogP contribution in [-0.2, 0) is 11.2 Å². The molecule has 3 heteroatoms. The number of thioether (sulfide) groups is 1. The molecule has 4 rings (SSSR count). The average Bonchev–Trinajstić information content (AvgIpc) is 2.49. The fourth-order valence-corrected chi connectivity index (χ4v) is 5.69. The Morgan fingerprint density at radius 1 is 1.24 bits per heavy atom. The zero-order valence-electron chi connectivity index (χ0n) is 12.6. The fourth-order valence-electron chi connectivity index (χ4n) is 4.46. The fraction of sp³-hybridized carbons (Fsp3) is 0.667. The smallest absolute Gasteiger partial charge is 0.0701 e. The third-order valence-electron chi connectivity index (χ3n) is 5.84. The lowest BCUT2D eigenvalue weighted by Crippen LogP contribution is -2.50. The number of hydrogen-bond acceptors (Lipinski definition) is 3. The predicted molar refractivity (Wildman–Crippen MR) is 88.8 cm³/mol. The van der Waals surface area contributed by atoms with E-state index in [2.05, 4.69) is 36.0 Å². The first-order valence-electron chi connectivity index (χ1n) is 8.33. The van der Waals surface area contributed by atoms with Crippen molar-refractivity contribution in [1.82, 2.24) is 0 Å². The predicted octanol–water partition coefficient (Wildman–Crippen LogP) is 3.35. The summed E-state index contributed by atoms with van der Waals surface area (Å²) in [6.45, 7) is 0.914. The quantitative estimate of drug-likeness (QED) is 0.910. The van der Waals surface area contributed by atoms with Gasteiger partial charge in [-0.2, -0.15) is 11.8 Å². The number of ether oxygens (including phenoxy) is 1. The van der Waals surface area contributed by atoms with E-state index in [1.807, 2.05) is 0 Å². The van der Waals surface area contributed by atoms with E-state index < -0.39 is 0 Å². The highest BCUT2D eigenvalue weighted by molar-refractivity contribution is 7.99. The number of rotatable bonds is 2. The summed E-state index contributed by atoms with van der Waals surface area (Å²) in [5, 5.41) is 0. The summed E-state index contributed by atoms with van der Waals surface area (Å²) in [4.78, 5) is 0. The maximum absolute atomic E-state index is 6.70. The van der Waals surface area contributed by atoms with Gasteiger partial charge in [-0.1, -0.05) is 24.3 Å². The Hall–Kier alpha value is -0.510. The Morgan fingerprint density at radius 3 is 2.86 bits per heavy atom. The molecule has 3 unspecified atom stereocenters. The first-order valence-corrected chi connectivity index (χ1v) is 9.48. The van der Waals surface area contributed by atoms with Gasteiger partial charge in [0.2, 0.25) is 0 Å². The van der Waals surface area contributed by atoms with Crippen molar-refractivity contribution in [2.75, 3.05) is 18.1 Å². The molecule has 2 aliphatic heterocycles. The standard InChI is InChI=1S/C18H25NOS/c19-17(16-11-13-3-1-2-4-15(13)16)14-5-8-20-18(12-14)6-9-21-10-7-18/h1-4,14,16-17H,5-12,19H2. The third-order valence-corrected chi connectivity index (χ3v) is 6.82.